The van der Waals surface area contributed by atoms with Crippen molar-refractivity contribution in [3.05, 3.63) is 51.5 Å². The van der Waals surface area contributed by atoms with Crippen molar-refractivity contribution in [3.8, 4) is 0 Å². The molecule has 2 aromatic rings. The minimum absolute atomic E-state index is 0.0501. The van der Waals surface area contributed by atoms with E-state index in [9.17, 15) is 0 Å². The monoisotopic (exact) mass is 272 g/mol. The summed E-state index contributed by atoms with van der Waals surface area (Å²) in [4.78, 5) is 4.77. The fraction of sp³-hybridized carbons (Fsp3) is 0.438. The summed E-state index contributed by atoms with van der Waals surface area (Å²) in [5.41, 5.74) is 3.98. The largest absolute Gasteiger partial charge is 0.302 e. The number of thiazole rings is 1. The van der Waals surface area contributed by atoms with Crippen molar-refractivity contribution in [1.29, 1.82) is 0 Å². The van der Waals surface area contributed by atoms with Crippen molar-refractivity contribution in [2.45, 2.75) is 38.6 Å². The average Bonchev–Trinajstić information content (AvgIpc) is 3.02. The minimum atomic E-state index is -0.0501. The Kier molecular flexibility index (Phi) is 3.42. The molecule has 1 aliphatic carbocycles. The summed E-state index contributed by atoms with van der Waals surface area (Å²) in [5, 5.41) is 7.16. The van der Waals surface area contributed by atoms with Crippen LogP contribution in [0, 0.1) is 6.92 Å². The van der Waals surface area contributed by atoms with Gasteiger partial charge in [-0.05, 0) is 43.9 Å². The van der Waals surface area contributed by atoms with Crippen LogP contribution in [0.25, 0.3) is 0 Å². The molecule has 100 valence electrons. The zero-order valence-electron chi connectivity index (χ0n) is 11.6. The molecule has 0 fully saturated rings. The maximum absolute atomic E-state index is 4.77. The highest BCUT2D eigenvalue weighted by Crippen LogP contribution is 2.43. The number of hydrogen-bond acceptors (Lipinski definition) is 3. The second kappa shape index (κ2) is 5.06. The molecule has 0 saturated heterocycles. The second-order valence-corrected chi connectivity index (χ2v) is 6.14. The summed E-state index contributed by atoms with van der Waals surface area (Å²) < 4.78 is 0. The highest BCUT2D eigenvalue weighted by molar-refractivity contribution is 7.09. The van der Waals surface area contributed by atoms with Gasteiger partial charge in [0.1, 0.15) is 5.01 Å². The number of aryl methyl sites for hydroxylation is 2. The van der Waals surface area contributed by atoms with Crippen LogP contribution in [-0.2, 0) is 12.0 Å². The molecule has 1 unspecified atom stereocenters. The highest BCUT2D eigenvalue weighted by Gasteiger charge is 2.41. The van der Waals surface area contributed by atoms with E-state index in [4.69, 9.17) is 4.98 Å². The maximum atomic E-state index is 4.77. The highest BCUT2D eigenvalue weighted by atomic mass is 32.1. The van der Waals surface area contributed by atoms with E-state index >= 15 is 0 Å². The van der Waals surface area contributed by atoms with Gasteiger partial charge in [0.15, 0.2) is 0 Å². The van der Waals surface area contributed by atoms with Crippen LogP contribution in [0.5, 0.6) is 0 Å². The lowest BCUT2D eigenvalue weighted by molar-refractivity contribution is 0.397. The van der Waals surface area contributed by atoms with E-state index in [0.29, 0.717) is 0 Å². The van der Waals surface area contributed by atoms with Gasteiger partial charge < -0.3 is 5.32 Å². The molecule has 19 heavy (non-hydrogen) atoms. The van der Waals surface area contributed by atoms with E-state index in [0.717, 1.165) is 31.5 Å². The Morgan fingerprint density at radius 3 is 2.95 bits per heavy atom. The van der Waals surface area contributed by atoms with Crippen LogP contribution in [0.15, 0.2) is 29.6 Å². The third kappa shape index (κ3) is 2.11. The van der Waals surface area contributed by atoms with E-state index < -0.39 is 0 Å². The Balaban J connectivity index is 2.09. The summed E-state index contributed by atoms with van der Waals surface area (Å²) in [6.45, 7) is 5.33. The van der Waals surface area contributed by atoms with Crippen molar-refractivity contribution in [1.82, 2.24) is 10.3 Å². The predicted octanol–water partition coefficient (Wildman–Crippen LogP) is 3.64. The Bertz CT molecular complexity index is 576. The van der Waals surface area contributed by atoms with Gasteiger partial charge in [-0.3, -0.25) is 0 Å². The van der Waals surface area contributed by atoms with E-state index in [1.165, 1.54) is 16.1 Å². The van der Waals surface area contributed by atoms with E-state index in [-0.39, 0.29) is 5.54 Å². The summed E-state index contributed by atoms with van der Waals surface area (Å²) in [7, 11) is 0. The van der Waals surface area contributed by atoms with Crippen LogP contribution in [0.3, 0.4) is 0 Å². The molecule has 0 aliphatic heterocycles. The Hall–Kier alpha value is -1.19. The SMILES string of the molecule is CCCNC1(c2nc(C)cs2)CCc2ccccc21. The van der Waals surface area contributed by atoms with E-state index in [2.05, 4.69) is 48.8 Å². The number of nitrogens with one attached hydrogen (secondary N) is 1. The van der Waals surface area contributed by atoms with Gasteiger partial charge in [0, 0.05) is 11.1 Å². The quantitative estimate of drug-likeness (QED) is 0.919. The predicted molar refractivity (Wildman–Crippen MR) is 80.7 cm³/mol. The molecule has 0 spiro atoms. The number of nitrogens with zero attached hydrogens (tertiary/aromatic N) is 1. The number of hydrogen-bond donors (Lipinski definition) is 1. The summed E-state index contributed by atoms with van der Waals surface area (Å²) >= 11 is 1.79. The van der Waals surface area contributed by atoms with E-state index in [1.807, 2.05) is 0 Å². The molecule has 0 bridgehead atoms. The van der Waals surface area contributed by atoms with Crippen LogP contribution in [0.1, 0.15) is 41.6 Å². The molecule has 0 saturated carbocycles. The zero-order chi connectivity index (χ0) is 13.3. The van der Waals surface area contributed by atoms with Crippen molar-refractivity contribution in [3.63, 3.8) is 0 Å². The topological polar surface area (TPSA) is 24.9 Å². The summed E-state index contributed by atoms with van der Waals surface area (Å²) in [6, 6.07) is 8.81. The molecule has 3 rings (SSSR count). The first kappa shape index (κ1) is 12.8. The van der Waals surface area contributed by atoms with Crippen molar-refractivity contribution in [2.24, 2.45) is 0 Å². The van der Waals surface area contributed by atoms with Crippen molar-refractivity contribution < 1.29 is 0 Å². The third-order valence-corrected chi connectivity index (χ3v) is 5.03. The molecule has 0 amide bonds. The van der Waals surface area contributed by atoms with Crippen LogP contribution in [0.2, 0.25) is 0 Å². The molecule has 0 radical (unpaired) electrons. The summed E-state index contributed by atoms with van der Waals surface area (Å²) in [6.07, 6.45) is 3.42. The first-order valence-electron chi connectivity index (χ1n) is 7.02. The lowest BCUT2D eigenvalue weighted by Crippen LogP contribution is -2.42. The Morgan fingerprint density at radius 1 is 1.37 bits per heavy atom. The lowest BCUT2D eigenvalue weighted by atomic mass is 9.92. The van der Waals surface area contributed by atoms with Crippen molar-refractivity contribution in [2.75, 3.05) is 6.54 Å². The molecular formula is C16H20N2S. The first-order chi connectivity index (χ1) is 9.26. The minimum Gasteiger partial charge on any atom is -0.302 e. The van der Waals surface area contributed by atoms with Gasteiger partial charge in [0.05, 0.1) is 5.54 Å². The normalized spacial score (nSPS) is 21.6. The Morgan fingerprint density at radius 2 is 2.21 bits per heavy atom. The molecule has 1 atom stereocenters. The van der Waals surface area contributed by atoms with Crippen LogP contribution in [0.4, 0.5) is 0 Å². The van der Waals surface area contributed by atoms with Crippen LogP contribution >= 0.6 is 11.3 Å². The van der Waals surface area contributed by atoms with Gasteiger partial charge in [0.25, 0.3) is 0 Å². The maximum Gasteiger partial charge on any atom is 0.118 e. The van der Waals surface area contributed by atoms with Gasteiger partial charge in [-0.2, -0.15) is 0 Å². The molecule has 1 aromatic carbocycles. The molecule has 1 aromatic heterocycles. The zero-order valence-corrected chi connectivity index (χ0v) is 12.4. The summed E-state index contributed by atoms with van der Waals surface area (Å²) in [5.74, 6) is 0. The fourth-order valence-corrected chi connectivity index (χ4v) is 4.00. The van der Waals surface area contributed by atoms with Gasteiger partial charge in [-0.15, -0.1) is 11.3 Å². The lowest BCUT2D eigenvalue weighted by Gasteiger charge is -2.30. The average molecular weight is 272 g/mol. The van der Waals surface area contributed by atoms with Crippen LogP contribution in [-0.4, -0.2) is 11.5 Å². The molecule has 3 heteroatoms. The van der Waals surface area contributed by atoms with Gasteiger partial charge in [0.2, 0.25) is 0 Å². The molecule has 1 aliphatic rings. The van der Waals surface area contributed by atoms with Gasteiger partial charge >= 0.3 is 0 Å². The molecular weight excluding hydrogens is 252 g/mol. The van der Waals surface area contributed by atoms with Gasteiger partial charge in [-0.25, -0.2) is 4.98 Å². The number of benzene rings is 1. The van der Waals surface area contributed by atoms with Crippen molar-refractivity contribution >= 4 is 11.3 Å². The smallest absolute Gasteiger partial charge is 0.118 e. The Labute approximate surface area is 118 Å². The molecule has 2 nitrogen and oxygen atoms in total. The number of aromatic nitrogens is 1. The molecule has 1 N–H and O–H groups in total. The standard InChI is InChI=1S/C16H20N2S/c1-3-10-17-16(15-18-12(2)11-19-15)9-8-13-6-4-5-7-14(13)16/h4-7,11,17H,3,8-10H2,1-2H3. The second-order valence-electron chi connectivity index (χ2n) is 5.28. The third-order valence-electron chi connectivity index (χ3n) is 3.91. The fourth-order valence-electron chi connectivity index (χ4n) is 2.98. The van der Waals surface area contributed by atoms with E-state index in [1.54, 1.807) is 11.3 Å². The molecule has 1 heterocycles. The van der Waals surface area contributed by atoms with Crippen LogP contribution < -0.4 is 5.32 Å². The number of rotatable bonds is 4. The number of fused-ring (bicyclic) bond motifs is 1. The first-order valence-corrected chi connectivity index (χ1v) is 7.90. The van der Waals surface area contributed by atoms with Gasteiger partial charge in [-0.1, -0.05) is 31.2 Å².